The van der Waals surface area contributed by atoms with Gasteiger partial charge in [-0.1, -0.05) is 76.2 Å². The van der Waals surface area contributed by atoms with E-state index in [-0.39, 0.29) is 0 Å². The number of nitrogens with one attached hydrogen (secondary N) is 2. The minimum absolute atomic E-state index is 0.530. The Labute approximate surface area is 185 Å². The van der Waals surface area contributed by atoms with Crippen LogP contribution in [0.15, 0.2) is 48.5 Å². The summed E-state index contributed by atoms with van der Waals surface area (Å²) in [6.07, 6.45) is 5.06. The first-order chi connectivity index (χ1) is 14.7. The highest BCUT2D eigenvalue weighted by Gasteiger charge is 2.35. The summed E-state index contributed by atoms with van der Waals surface area (Å²) in [5.74, 6) is 1.06. The number of rotatable bonds is 12. The molecular weight excluding hydrogens is 364 g/mol. The number of hydrogen-bond acceptors (Lipinski definition) is 0. The topological polar surface area (TPSA) is 8.88 Å². The summed E-state index contributed by atoms with van der Waals surface area (Å²) in [6.45, 7) is 16.9. The zero-order valence-electron chi connectivity index (χ0n) is 19.8. The van der Waals surface area contributed by atoms with E-state index in [4.69, 9.17) is 0 Å². The molecule has 0 aliphatic heterocycles. The average molecular weight is 409 g/mol. The van der Waals surface area contributed by atoms with Crippen LogP contribution in [-0.4, -0.2) is 39.3 Å². The molecule has 164 valence electrons. The molecule has 0 heterocycles. The summed E-state index contributed by atoms with van der Waals surface area (Å²) in [6, 6.07) is 18.8. The van der Waals surface area contributed by atoms with Crippen LogP contribution in [0.5, 0.6) is 0 Å². The van der Waals surface area contributed by atoms with Gasteiger partial charge in [-0.05, 0) is 47.9 Å². The highest BCUT2D eigenvalue weighted by molar-refractivity contribution is 5.52. The van der Waals surface area contributed by atoms with Gasteiger partial charge in [0.25, 0.3) is 0 Å². The van der Waals surface area contributed by atoms with Crippen LogP contribution in [0, 0.1) is 0 Å². The SMILES string of the molecule is CCC[NH+](CCC)CC1c2ccccc2C(C[NH+](CCC)CCC)c2ccccc21. The van der Waals surface area contributed by atoms with Gasteiger partial charge in [-0.15, -0.1) is 0 Å². The van der Waals surface area contributed by atoms with Crippen LogP contribution >= 0.6 is 0 Å². The lowest BCUT2D eigenvalue weighted by Crippen LogP contribution is -3.12. The third kappa shape index (κ3) is 5.34. The zero-order valence-corrected chi connectivity index (χ0v) is 19.8. The van der Waals surface area contributed by atoms with Gasteiger partial charge in [0.2, 0.25) is 0 Å². The molecule has 2 nitrogen and oxygen atoms in total. The summed E-state index contributed by atoms with van der Waals surface area (Å²) < 4.78 is 0. The number of fused-ring (bicyclic) bond motifs is 2. The molecule has 0 radical (unpaired) electrons. The first-order valence-corrected chi connectivity index (χ1v) is 12.6. The van der Waals surface area contributed by atoms with Crippen LogP contribution in [0.2, 0.25) is 0 Å². The van der Waals surface area contributed by atoms with E-state index in [0.717, 1.165) is 0 Å². The van der Waals surface area contributed by atoms with Gasteiger partial charge < -0.3 is 9.80 Å². The van der Waals surface area contributed by atoms with E-state index in [2.05, 4.69) is 76.2 Å². The van der Waals surface area contributed by atoms with Crippen molar-refractivity contribution in [2.75, 3.05) is 39.3 Å². The summed E-state index contributed by atoms with van der Waals surface area (Å²) in [7, 11) is 0. The van der Waals surface area contributed by atoms with Crippen molar-refractivity contribution in [3.8, 4) is 0 Å². The largest absolute Gasteiger partial charge is 0.334 e. The van der Waals surface area contributed by atoms with Crippen LogP contribution < -0.4 is 9.80 Å². The van der Waals surface area contributed by atoms with Crippen LogP contribution in [0.25, 0.3) is 0 Å². The van der Waals surface area contributed by atoms with E-state index in [1.807, 2.05) is 0 Å². The van der Waals surface area contributed by atoms with E-state index >= 15 is 0 Å². The van der Waals surface area contributed by atoms with Crippen molar-refractivity contribution < 1.29 is 9.80 Å². The van der Waals surface area contributed by atoms with E-state index in [0.29, 0.717) is 11.8 Å². The smallest absolute Gasteiger partial charge is 0.0882 e. The minimum atomic E-state index is 0.530. The Bertz CT molecular complexity index is 645. The molecule has 2 heteroatoms. The molecule has 3 rings (SSSR count). The number of benzene rings is 2. The summed E-state index contributed by atoms with van der Waals surface area (Å²) in [4.78, 5) is 3.52. The van der Waals surface area contributed by atoms with Gasteiger partial charge in [0.15, 0.2) is 0 Å². The van der Waals surface area contributed by atoms with Crippen LogP contribution in [0.3, 0.4) is 0 Å². The van der Waals surface area contributed by atoms with E-state index < -0.39 is 0 Å². The van der Waals surface area contributed by atoms with E-state index in [9.17, 15) is 0 Å². The predicted molar refractivity (Wildman–Crippen MR) is 129 cm³/mol. The molecule has 0 saturated heterocycles. The van der Waals surface area contributed by atoms with Crippen molar-refractivity contribution >= 4 is 0 Å². The highest BCUT2D eigenvalue weighted by Crippen LogP contribution is 2.42. The molecule has 0 bridgehead atoms. The van der Waals surface area contributed by atoms with Gasteiger partial charge in [-0.3, -0.25) is 0 Å². The van der Waals surface area contributed by atoms with Crippen molar-refractivity contribution in [1.82, 2.24) is 0 Å². The molecule has 1 aliphatic carbocycles. The molecule has 0 amide bonds. The van der Waals surface area contributed by atoms with Crippen molar-refractivity contribution in [2.45, 2.75) is 65.2 Å². The van der Waals surface area contributed by atoms with Gasteiger partial charge >= 0.3 is 0 Å². The Morgan fingerprint density at radius 1 is 0.500 bits per heavy atom. The summed E-state index contributed by atoms with van der Waals surface area (Å²) >= 11 is 0. The molecule has 2 aromatic carbocycles. The van der Waals surface area contributed by atoms with Gasteiger partial charge in [-0.2, -0.15) is 0 Å². The van der Waals surface area contributed by atoms with Crippen molar-refractivity contribution in [2.24, 2.45) is 0 Å². The highest BCUT2D eigenvalue weighted by atomic mass is 15.1. The first kappa shape index (κ1) is 23.0. The quantitative estimate of drug-likeness (QED) is 0.530. The molecule has 0 saturated carbocycles. The van der Waals surface area contributed by atoms with Crippen molar-refractivity contribution in [1.29, 1.82) is 0 Å². The van der Waals surface area contributed by atoms with Gasteiger partial charge in [0.1, 0.15) is 0 Å². The molecular formula is C28H44N2+2. The molecule has 1 aliphatic rings. The average Bonchev–Trinajstić information content (AvgIpc) is 2.76. The van der Waals surface area contributed by atoms with Crippen molar-refractivity contribution in [3.63, 3.8) is 0 Å². The Balaban J connectivity index is 1.99. The fourth-order valence-corrected chi connectivity index (χ4v) is 5.72. The monoisotopic (exact) mass is 408 g/mol. The maximum Gasteiger partial charge on any atom is 0.0882 e. The molecule has 0 unspecified atom stereocenters. The Kier molecular flexibility index (Phi) is 8.96. The molecule has 2 aromatic rings. The minimum Gasteiger partial charge on any atom is -0.334 e. The second-order valence-electron chi connectivity index (χ2n) is 9.27. The maximum absolute atomic E-state index is 2.43. The molecule has 0 spiro atoms. The lowest BCUT2D eigenvalue weighted by atomic mass is 9.72. The lowest BCUT2D eigenvalue weighted by Gasteiger charge is -2.36. The molecule has 2 N–H and O–H groups in total. The second-order valence-corrected chi connectivity index (χ2v) is 9.27. The second kappa shape index (κ2) is 11.7. The van der Waals surface area contributed by atoms with Gasteiger partial charge in [0.05, 0.1) is 51.1 Å². The third-order valence-electron chi connectivity index (χ3n) is 6.89. The summed E-state index contributed by atoms with van der Waals surface area (Å²) in [5.41, 5.74) is 6.38. The first-order valence-electron chi connectivity index (χ1n) is 12.6. The normalized spacial score (nSPS) is 17.9. The predicted octanol–water partition coefficient (Wildman–Crippen LogP) is 3.67. The molecule has 0 atom stereocenters. The van der Waals surface area contributed by atoms with E-state index in [1.165, 1.54) is 65.0 Å². The zero-order chi connectivity index (χ0) is 21.3. The van der Waals surface area contributed by atoms with Gasteiger partial charge in [-0.25, -0.2) is 0 Å². The van der Waals surface area contributed by atoms with E-state index in [1.54, 1.807) is 32.1 Å². The van der Waals surface area contributed by atoms with Crippen LogP contribution in [0.4, 0.5) is 0 Å². The summed E-state index contributed by atoms with van der Waals surface area (Å²) in [5, 5.41) is 0. The standard InChI is InChI=1S/C28H42N2/c1-5-17-29(18-6-2)21-27-23-13-9-11-15-25(23)28(22-30(19-7-3)20-8-4)26-16-12-10-14-24(26)27/h9-16,27-28H,5-8,17-22H2,1-4H3/p+2. The fraction of sp³-hybridized carbons (Fsp3) is 0.571. The van der Waals surface area contributed by atoms with Gasteiger partial charge in [0, 0.05) is 0 Å². The molecule has 0 aromatic heterocycles. The Morgan fingerprint density at radius 2 is 0.767 bits per heavy atom. The Morgan fingerprint density at radius 3 is 1.00 bits per heavy atom. The number of quaternary nitrogens is 2. The Hall–Kier alpha value is -1.64. The third-order valence-corrected chi connectivity index (χ3v) is 6.89. The lowest BCUT2D eigenvalue weighted by molar-refractivity contribution is -0.901. The van der Waals surface area contributed by atoms with Crippen LogP contribution in [-0.2, 0) is 0 Å². The fourth-order valence-electron chi connectivity index (χ4n) is 5.72. The van der Waals surface area contributed by atoms with Crippen molar-refractivity contribution in [3.05, 3.63) is 70.8 Å². The number of hydrogen-bond donors (Lipinski definition) is 2. The molecule has 30 heavy (non-hydrogen) atoms. The maximum atomic E-state index is 2.43. The molecule has 0 fully saturated rings. The van der Waals surface area contributed by atoms with Crippen LogP contribution in [0.1, 0.15) is 87.5 Å².